The second-order valence-electron chi connectivity index (χ2n) is 7.88. The van der Waals surface area contributed by atoms with Gasteiger partial charge >= 0.3 is 0 Å². The van der Waals surface area contributed by atoms with Gasteiger partial charge in [-0.05, 0) is 39.1 Å². The van der Waals surface area contributed by atoms with E-state index in [2.05, 4.69) is 42.9 Å². The molecule has 7 nitrogen and oxygen atoms in total. The predicted octanol–water partition coefficient (Wildman–Crippen LogP) is 1.85. The van der Waals surface area contributed by atoms with Crippen molar-refractivity contribution in [1.82, 2.24) is 19.8 Å². The summed E-state index contributed by atoms with van der Waals surface area (Å²) in [5, 5.41) is 5.48. The molecular formula is C19H28N4O3S. The summed E-state index contributed by atoms with van der Waals surface area (Å²) >= 11 is 1.44. The average molecular weight is 393 g/mol. The Morgan fingerprint density at radius 1 is 1.37 bits per heavy atom. The van der Waals surface area contributed by atoms with E-state index < -0.39 is 0 Å². The molecule has 2 atom stereocenters. The fourth-order valence-corrected chi connectivity index (χ4v) is 4.19. The zero-order valence-corrected chi connectivity index (χ0v) is 17.2. The molecule has 8 heteroatoms. The van der Waals surface area contributed by atoms with Crippen molar-refractivity contribution < 1.29 is 9.53 Å². The number of amides is 1. The Morgan fingerprint density at radius 3 is 2.78 bits per heavy atom. The first kappa shape index (κ1) is 20.0. The number of aromatic nitrogens is 2. The largest absolute Gasteiger partial charge is 0.373 e. The van der Waals surface area contributed by atoms with Gasteiger partial charge in [0, 0.05) is 38.1 Å². The lowest BCUT2D eigenvalue weighted by Crippen LogP contribution is -2.58. The normalized spacial score (nSPS) is 21.5. The van der Waals surface area contributed by atoms with Crippen LogP contribution in [0.3, 0.4) is 0 Å². The van der Waals surface area contributed by atoms with Gasteiger partial charge in [0.25, 0.3) is 5.56 Å². The molecule has 0 radical (unpaired) electrons. The van der Waals surface area contributed by atoms with E-state index in [1.807, 2.05) is 5.38 Å². The van der Waals surface area contributed by atoms with Gasteiger partial charge in [0.1, 0.15) is 4.83 Å². The van der Waals surface area contributed by atoms with Gasteiger partial charge in [-0.3, -0.25) is 19.1 Å². The van der Waals surface area contributed by atoms with Gasteiger partial charge in [-0.15, -0.1) is 11.3 Å². The maximum atomic E-state index is 12.4. The number of carbonyl (C=O) groups is 1. The van der Waals surface area contributed by atoms with Crippen LogP contribution in [0.25, 0.3) is 10.2 Å². The van der Waals surface area contributed by atoms with Gasteiger partial charge < -0.3 is 10.1 Å². The lowest BCUT2D eigenvalue weighted by Gasteiger charge is -2.45. The number of nitrogens with zero attached hydrogens (tertiary/aromatic N) is 3. The van der Waals surface area contributed by atoms with Gasteiger partial charge in [0.15, 0.2) is 0 Å². The zero-order valence-electron chi connectivity index (χ0n) is 16.4. The minimum atomic E-state index is -0.157. The summed E-state index contributed by atoms with van der Waals surface area (Å²) in [7, 11) is 0. The molecule has 0 aliphatic carbocycles. The van der Waals surface area contributed by atoms with Crippen LogP contribution in [0.1, 0.15) is 34.1 Å². The van der Waals surface area contributed by atoms with Crippen molar-refractivity contribution in [2.24, 2.45) is 0 Å². The van der Waals surface area contributed by atoms with E-state index in [4.69, 9.17) is 4.74 Å². The second kappa shape index (κ2) is 8.08. The van der Waals surface area contributed by atoms with Crippen LogP contribution in [0, 0.1) is 0 Å². The number of carbonyl (C=O) groups excluding carboxylic acids is 1. The fourth-order valence-electron chi connectivity index (χ4n) is 3.46. The summed E-state index contributed by atoms with van der Waals surface area (Å²) in [6.07, 6.45) is 2.16. The van der Waals surface area contributed by atoms with Gasteiger partial charge in [-0.2, -0.15) is 0 Å². The van der Waals surface area contributed by atoms with Gasteiger partial charge in [0.2, 0.25) is 5.91 Å². The van der Waals surface area contributed by atoms with Crippen molar-refractivity contribution in [3.05, 3.63) is 28.1 Å². The van der Waals surface area contributed by atoms with E-state index in [-0.39, 0.29) is 35.6 Å². The van der Waals surface area contributed by atoms with Crippen molar-refractivity contribution in [1.29, 1.82) is 0 Å². The molecule has 148 valence electrons. The van der Waals surface area contributed by atoms with E-state index in [0.29, 0.717) is 18.5 Å². The van der Waals surface area contributed by atoms with Crippen LogP contribution in [-0.2, 0) is 16.1 Å². The van der Waals surface area contributed by atoms with Crippen LogP contribution in [0.2, 0.25) is 0 Å². The average Bonchev–Trinajstić information content (AvgIpc) is 3.08. The number of hydrogen-bond donors (Lipinski definition) is 1. The minimum absolute atomic E-state index is 0.0604. The van der Waals surface area contributed by atoms with Crippen molar-refractivity contribution in [2.45, 2.75) is 58.4 Å². The summed E-state index contributed by atoms with van der Waals surface area (Å²) in [4.78, 5) is 32.0. The summed E-state index contributed by atoms with van der Waals surface area (Å²) < 4.78 is 7.30. The zero-order chi connectivity index (χ0) is 19.6. The van der Waals surface area contributed by atoms with E-state index >= 15 is 0 Å². The highest BCUT2D eigenvalue weighted by atomic mass is 32.1. The molecule has 1 amide bonds. The maximum absolute atomic E-state index is 12.4. The van der Waals surface area contributed by atoms with Crippen molar-refractivity contribution in [3.63, 3.8) is 0 Å². The molecule has 0 spiro atoms. The smallest absolute Gasteiger partial charge is 0.262 e. The molecule has 1 aliphatic rings. The Balaban J connectivity index is 1.53. The highest BCUT2D eigenvalue weighted by Crippen LogP contribution is 2.20. The molecule has 1 fully saturated rings. The molecule has 3 heterocycles. The van der Waals surface area contributed by atoms with E-state index in [0.717, 1.165) is 17.9 Å². The summed E-state index contributed by atoms with van der Waals surface area (Å²) in [5.74, 6) is -0.0604. The Morgan fingerprint density at radius 2 is 2.07 bits per heavy atom. The molecule has 2 aromatic rings. The lowest BCUT2D eigenvalue weighted by atomic mass is 10.00. The fraction of sp³-hybridized carbons (Fsp3) is 0.632. The molecule has 1 N–H and O–H groups in total. The van der Waals surface area contributed by atoms with E-state index in [1.165, 1.54) is 22.2 Å². The highest BCUT2D eigenvalue weighted by Gasteiger charge is 2.33. The van der Waals surface area contributed by atoms with Crippen LogP contribution in [-0.4, -0.2) is 57.7 Å². The Bertz CT molecular complexity index is 850. The summed E-state index contributed by atoms with van der Waals surface area (Å²) in [6.45, 7) is 11.0. The standard InChI is InChI=1S/C19H28N4O3S/c1-13-9-23(10-14(2)26-13)19(3,4)11-20-16(24)5-7-22-12-21-17-15(18(22)25)6-8-27-17/h6,8,12-14H,5,7,9-11H2,1-4H3,(H,20,24)/t13-,14-/m1/s1. The minimum Gasteiger partial charge on any atom is -0.373 e. The first-order chi connectivity index (χ1) is 12.8. The number of rotatable bonds is 6. The molecule has 1 aliphatic heterocycles. The summed E-state index contributed by atoms with van der Waals surface area (Å²) in [5.41, 5.74) is -0.249. The number of thiophene rings is 1. The first-order valence-corrected chi connectivity index (χ1v) is 10.2. The third-order valence-electron chi connectivity index (χ3n) is 5.02. The Hall–Kier alpha value is -1.77. The quantitative estimate of drug-likeness (QED) is 0.812. The molecule has 0 unspecified atom stereocenters. The number of nitrogens with one attached hydrogen (secondary N) is 1. The van der Waals surface area contributed by atoms with Gasteiger partial charge in [-0.25, -0.2) is 4.98 Å². The highest BCUT2D eigenvalue weighted by molar-refractivity contribution is 7.16. The Kier molecular flexibility index (Phi) is 5.98. The van der Waals surface area contributed by atoms with Crippen LogP contribution in [0.15, 0.2) is 22.6 Å². The van der Waals surface area contributed by atoms with Gasteiger partial charge in [0.05, 0.1) is 23.9 Å². The third-order valence-corrected chi connectivity index (χ3v) is 5.84. The van der Waals surface area contributed by atoms with E-state index in [9.17, 15) is 9.59 Å². The third kappa shape index (κ3) is 4.75. The monoisotopic (exact) mass is 392 g/mol. The molecule has 27 heavy (non-hydrogen) atoms. The van der Waals surface area contributed by atoms with Crippen LogP contribution in [0.5, 0.6) is 0 Å². The Labute approximate surface area is 163 Å². The number of fused-ring (bicyclic) bond motifs is 1. The van der Waals surface area contributed by atoms with Crippen molar-refractivity contribution in [3.8, 4) is 0 Å². The molecule has 1 saturated heterocycles. The molecule has 2 aromatic heterocycles. The molecule has 0 saturated carbocycles. The van der Waals surface area contributed by atoms with Crippen molar-refractivity contribution in [2.75, 3.05) is 19.6 Å². The predicted molar refractivity (Wildman–Crippen MR) is 107 cm³/mol. The van der Waals surface area contributed by atoms with Crippen LogP contribution >= 0.6 is 11.3 Å². The molecule has 0 bridgehead atoms. The topological polar surface area (TPSA) is 76.5 Å². The van der Waals surface area contributed by atoms with E-state index in [1.54, 1.807) is 6.07 Å². The number of morpholine rings is 1. The molecule has 0 aromatic carbocycles. The van der Waals surface area contributed by atoms with Gasteiger partial charge in [-0.1, -0.05) is 0 Å². The number of aryl methyl sites for hydroxylation is 1. The van der Waals surface area contributed by atoms with Crippen LogP contribution < -0.4 is 10.9 Å². The number of hydrogen-bond acceptors (Lipinski definition) is 6. The lowest BCUT2D eigenvalue weighted by molar-refractivity contribution is -0.123. The molecule has 3 rings (SSSR count). The number of ether oxygens (including phenoxy) is 1. The second-order valence-corrected chi connectivity index (χ2v) is 8.78. The summed E-state index contributed by atoms with van der Waals surface area (Å²) in [6, 6.07) is 1.78. The van der Waals surface area contributed by atoms with Crippen molar-refractivity contribution >= 4 is 27.5 Å². The molecular weight excluding hydrogens is 364 g/mol. The first-order valence-electron chi connectivity index (χ1n) is 9.36. The van der Waals surface area contributed by atoms with Crippen LogP contribution in [0.4, 0.5) is 0 Å². The maximum Gasteiger partial charge on any atom is 0.262 e. The SMILES string of the molecule is C[C@@H]1CN(C(C)(C)CNC(=O)CCn2cnc3sccc3c2=O)C[C@@H](C)O1.